The molecule has 2 aliphatic heterocycles. The molecule has 24 heavy (non-hydrogen) atoms. The minimum Gasteiger partial charge on any atom is -0.373 e. The largest absolute Gasteiger partial charge is 0.373 e. The molecule has 2 unspecified atom stereocenters. The Balaban J connectivity index is 1.56. The van der Waals surface area contributed by atoms with Crippen molar-refractivity contribution in [2.45, 2.75) is 38.9 Å². The van der Waals surface area contributed by atoms with Crippen LogP contribution in [0.2, 0.25) is 0 Å². The molecule has 0 N–H and O–H groups in total. The van der Waals surface area contributed by atoms with E-state index in [0.29, 0.717) is 16.7 Å². The Morgan fingerprint density at radius 2 is 1.88 bits per heavy atom. The molecule has 6 nitrogen and oxygen atoms in total. The first-order valence-electron chi connectivity index (χ1n) is 8.78. The number of nitrogens with zero attached hydrogens (tertiary/aromatic N) is 4. The van der Waals surface area contributed by atoms with Crippen LogP contribution < -0.4 is 10.5 Å². The number of halogens is 1. The van der Waals surface area contributed by atoms with Gasteiger partial charge in [0.1, 0.15) is 4.47 Å². The molecule has 2 atom stereocenters. The van der Waals surface area contributed by atoms with Crippen LogP contribution in [0.25, 0.3) is 0 Å². The third-order valence-electron chi connectivity index (χ3n) is 5.03. The topological polar surface area (TPSA) is 50.6 Å². The van der Waals surface area contributed by atoms with Gasteiger partial charge in [-0.3, -0.25) is 9.69 Å². The van der Waals surface area contributed by atoms with Crippen molar-refractivity contribution in [3.05, 3.63) is 21.0 Å². The molecule has 2 saturated heterocycles. The van der Waals surface area contributed by atoms with Gasteiger partial charge in [-0.2, -0.15) is 5.10 Å². The SMILES string of the molecule is CC1CN(CC2CCN(c3cnn(C)c(=O)c3Br)CC2)CC(C)O1. The summed E-state index contributed by atoms with van der Waals surface area (Å²) in [5, 5.41) is 4.15. The molecule has 3 heterocycles. The monoisotopic (exact) mass is 398 g/mol. The summed E-state index contributed by atoms with van der Waals surface area (Å²) in [5.41, 5.74) is 0.844. The summed E-state index contributed by atoms with van der Waals surface area (Å²) in [4.78, 5) is 16.9. The summed E-state index contributed by atoms with van der Waals surface area (Å²) in [7, 11) is 1.67. The molecule has 0 aliphatic carbocycles. The van der Waals surface area contributed by atoms with Gasteiger partial charge < -0.3 is 9.64 Å². The second-order valence-electron chi connectivity index (χ2n) is 7.18. The van der Waals surface area contributed by atoms with Crippen molar-refractivity contribution in [2.75, 3.05) is 37.6 Å². The molecule has 0 amide bonds. The van der Waals surface area contributed by atoms with E-state index in [1.807, 2.05) is 0 Å². The Morgan fingerprint density at radius 3 is 2.50 bits per heavy atom. The lowest BCUT2D eigenvalue weighted by Gasteiger charge is -2.40. The van der Waals surface area contributed by atoms with E-state index in [0.717, 1.165) is 57.2 Å². The molecule has 2 aliphatic rings. The lowest BCUT2D eigenvalue weighted by atomic mass is 9.95. The Hall–Kier alpha value is -0.920. The van der Waals surface area contributed by atoms with E-state index >= 15 is 0 Å². The predicted octanol–water partition coefficient (Wildman–Crippen LogP) is 1.87. The molecule has 1 aromatic heterocycles. The Morgan fingerprint density at radius 1 is 1.25 bits per heavy atom. The van der Waals surface area contributed by atoms with Gasteiger partial charge in [0.05, 0.1) is 24.1 Å². The summed E-state index contributed by atoms with van der Waals surface area (Å²) in [6.45, 7) is 9.50. The molecule has 1 aromatic rings. The van der Waals surface area contributed by atoms with E-state index in [4.69, 9.17) is 4.74 Å². The van der Waals surface area contributed by atoms with E-state index in [1.54, 1.807) is 13.2 Å². The third-order valence-corrected chi connectivity index (χ3v) is 5.77. The van der Waals surface area contributed by atoms with Crippen molar-refractivity contribution in [1.82, 2.24) is 14.7 Å². The maximum absolute atomic E-state index is 12.0. The zero-order valence-corrected chi connectivity index (χ0v) is 16.3. The molecule has 3 rings (SSSR count). The fraction of sp³-hybridized carbons (Fsp3) is 0.765. The van der Waals surface area contributed by atoms with Gasteiger partial charge in [0.2, 0.25) is 0 Å². The number of morpholine rings is 1. The number of anilines is 1. The molecule has 0 saturated carbocycles. The standard InChI is InChI=1S/C17H27BrN4O2/c1-12-9-21(10-13(2)24-12)11-14-4-6-22(7-5-14)15-8-19-20(3)17(23)16(15)18/h8,12-14H,4-7,9-11H2,1-3H3. The highest BCUT2D eigenvalue weighted by Crippen LogP contribution is 2.27. The Labute approximate surface area is 151 Å². The van der Waals surface area contributed by atoms with Crippen LogP contribution in [0.15, 0.2) is 15.5 Å². The highest BCUT2D eigenvalue weighted by molar-refractivity contribution is 9.10. The van der Waals surface area contributed by atoms with Crippen LogP contribution in [0.5, 0.6) is 0 Å². The van der Waals surface area contributed by atoms with Gasteiger partial charge in [-0.25, -0.2) is 4.68 Å². The van der Waals surface area contributed by atoms with Crippen LogP contribution in [0.3, 0.4) is 0 Å². The molecule has 0 aromatic carbocycles. The van der Waals surface area contributed by atoms with E-state index in [1.165, 1.54) is 4.68 Å². The van der Waals surface area contributed by atoms with E-state index in [2.05, 4.69) is 44.7 Å². The van der Waals surface area contributed by atoms with Crippen molar-refractivity contribution in [3.8, 4) is 0 Å². The highest BCUT2D eigenvalue weighted by Gasteiger charge is 2.27. The predicted molar refractivity (Wildman–Crippen MR) is 98.6 cm³/mol. The maximum atomic E-state index is 12.0. The average molecular weight is 399 g/mol. The third kappa shape index (κ3) is 4.00. The van der Waals surface area contributed by atoms with Crippen LogP contribution in [-0.4, -0.2) is 59.6 Å². The Kier molecular flexibility index (Phi) is 5.62. The summed E-state index contributed by atoms with van der Waals surface area (Å²) in [6, 6.07) is 0. The summed E-state index contributed by atoms with van der Waals surface area (Å²) < 4.78 is 7.80. The average Bonchev–Trinajstić information content (AvgIpc) is 2.53. The maximum Gasteiger partial charge on any atom is 0.282 e. The van der Waals surface area contributed by atoms with Gasteiger partial charge in [0.25, 0.3) is 5.56 Å². The van der Waals surface area contributed by atoms with Gasteiger partial charge in [0, 0.05) is 39.8 Å². The van der Waals surface area contributed by atoms with E-state index in [9.17, 15) is 4.79 Å². The first kappa shape index (κ1) is 17.9. The van der Waals surface area contributed by atoms with Gasteiger partial charge in [0.15, 0.2) is 0 Å². The first-order chi connectivity index (χ1) is 11.4. The van der Waals surface area contributed by atoms with Crippen molar-refractivity contribution >= 4 is 21.6 Å². The lowest BCUT2D eigenvalue weighted by Crippen LogP contribution is -2.48. The number of aromatic nitrogens is 2. The minimum atomic E-state index is -0.0779. The summed E-state index contributed by atoms with van der Waals surface area (Å²) in [6.07, 6.45) is 4.76. The number of rotatable bonds is 3. The van der Waals surface area contributed by atoms with Crippen molar-refractivity contribution in [3.63, 3.8) is 0 Å². The molecule has 134 valence electrons. The Bertz CT molecular complexity index is 618. The van der Waals surface area contributed by atoms with Gasteiger partial charge >= 0.3 is 0 Å². The van der Waals surface area contributed by atoms with Crippen LogP contribution in [-0.2, 0) is 11.8 Å². The smallest absolute Gasteiger partial charge is 0.282 e. The van der Waals surface area contributed by atoms with Crippen LogP contribution >= 0.6 is 15.9 Å². The van der Waals surface area contributed by atoms with Gasteiger partial charge in [-0.15, -0.1) is 0 Å². The highest BCUT2D eigenvalue weighted by atomic mass is 79.9. The minimum absolute atomic E-state index is 0.0779. The number of aryl methyl sites for hydroxylation is 1. The lowest BCUT2D eigenvalue weighted by molar-refractivity contribution is -0.0720. The summed E-state index contributed by atoms with van der Waals surface area (Å²) >= 11 is 3.44. The number of hydrogen-bond donors (Lipinski definition) is 0. The van der Waals surface area contributed by atoms with Crippen LogP contribution in [0, 0.1) is 5.92 Å². The second-order valence-corrected chi connectivity index (χ2v) is 7.97. The van der Waals surface area contributed by atoms with E-state index < -0.39 is 0 Å². The summed E-state index contributed by atoms with van der Waals surface area (Å²) in [5.74, 6) is 0.719. The molecule has 0 bridgehead atoms. The normalized spacial score (nSPS) is 26.8. The van der Waals surface area contributed by atoms with Gasteiger partial charge in [-0.05, 0) is 48.5 Å². The zero-order valence-electron chi connectivity index (χ0n) is 14.7. The number of piperidine rings is 1. The van der Waals surface area contributed by atoms with Crippen molar-refractivity contribution in [1.29, 1.82) is 0 Å². The fourth-order valence-electron chi connectivity index (χ4n) is 3.88. The fourth-order valence-corrected chi connectivity index (χ4v) is 4.49. The molecule has 0 spiro atoms. The van der Waals surface area contributed by atoms with Crippen LogP contribution in [0.1, 0.15) is 26.7 Å². The molecule has 0 radical (unpaired) electrons. The van der Waals surface area contributed by atoms with E-state index in [-0.39, 0.29) is 5.56 Å². The van der Waals surface area contributed by atoms with Gasteiger partial charge in [-0.1, -0.05) is 0 Å². The van der Waals surface area contributed by atoms with Crippen LogP contribution in [0.4, 0.5) is 5.69 Å². The number of ether oxygens (including phenoxy) is 1. The van der Waals surface area contributed by atoms with Crippen molar-refractivity contribution in [2.24, 2.45) is 13.0 Å². The molecule has 7 heteroatoms. The number of hydrogen-bond acceptors (Lipinski definition) is 5. The molecule has 2 fully saturated rings. The first-order valence-corrected chi connectivity index (χ1v) is 9.58. The second kappa shape index (κ2) is 7.54. The quantitative estimate of drug-likeness (QED) is 0.777. The zero-order chi connectivity index (χ0) is 17.3. The molecular formula is C17H27BrN4O2. The van der Waals surface area contributed by atoms with Crippen molar-refractivity contribution < 1.29 is 4.74 Å². The molecular weight excluding hydrogens is 372 g/mol.